The van der Waals surface area contributed by atoms with Crippen LogP contribution in [0.25, 0.3) is 0 Å². The van der Waals surface area contributed by atoms with Crippen LogP contribution in [0.2, 0.25) is 0 Å². The number of hydrogen-bond donors (Lipinski definition) is 1. The maximum absolute atomic E-state index is 13.7. The quantitative estimate of drug-likeness (QED) is 0.463. The van der Waals surface area contributed by atoms with Crippen molar-refractivity contribution in [3.05, 3.63) is 63.8 Å². The lowest BCUT2D eigenvalue weighted by Gasteiger charge is -2.11. The summed E-state index contributed by atoms with van der Waals surface area (Å²) in [5.41, 5.74) is -0.177. The Morgan fingerprint density at radius 3 is 2.61 bits per heavy atom. The zero-order valence-corrected chi connectivity index (χ0v) is 18.8. The van der Waals surface area contributed by atoms with Gasteiger partial charge in [0.15, 0.2) is 5.82 Å². The first-order chi connectivity index (χ1) is 15.6. The molecule has 10 heteroatoms. The minimum atomic E-state index is -2.85. The first-order valence-electron chi connectivity index (χ1n) is 9.98. The van der Waals surface area contributed by atoms with Gasteiger partial charge in [-0.25, -0.2) is 13.2 Å². The summed E-state index contributed by atoms with van der Waals surface area (Å²) in [6.45, 7) is -0.981. The molecule has 0 saturated carbocycles. The number of hydrogen-bond acceptors (Lipinski definition) is 3. The third-order valence-electron chi connectivity index (χ3n) is 4.50. The molecule has 6 nitrogen and oxygen atoms in total. The Kier molecular flexibility index (Phi) is 9.55. The van der Waals surface area contributed by atoms with Crippen LogP contribution in [0.15, 0.2) is 41.3 Å². The van der Waals surface area contributed by atoms with Gasteiger partial charge < -0.3 is 14.8 Å². The highest BCUT2D eigenvalue weighted by molar-refractivity contribution is 6.18. The third kappa shape index (κ3) is 7.99. The Balaban J connectivity index is 2.01. The molecule has 176 valence electrons. The number of amides is 2. The van der Waals surface area contributed by atoms with E-state index in [1.165, 1.54) is 4.90 Å². The predicted molar refractivity (Wildman–Crippen MR) is 120 cm³/mol. The Morgan fingerprint density at radius 2 is 1.97 bits per heavy atom. The largest absolute Gasteiger partial charge is 0.345 e. The van der Waals surface area contributed by atoms with Gasteiger partial charge >= 0.3 is 0 Å². The molecule has 0 radical (unpaired) electrons. The lowest BCUT2D eigenvalue weighted by Crippen LogP contribution is -2.26. The van der Waals surface area contributed by atoms with E-state index in [9.17, 15) is 27.6 Å². The second kappa shape index (κ2) is 12.1. The molecule has 1 N–H and O–H groups in total. The molecule has 0 aliphatic heterocycles. The van der Waals surface area contributed by atoms with E-state index >= 15 is 0 Å². The number of benzene rings is 1. The number of aromatic nitrogens is 1. The Morgan fingerprint density at radius 1 is 1.24 bits per heavy atom. The van der Waals surface area contributed by atoms with Crippen molar-refractivity contribution in [3.8, 4) is 11.8 Å². The molecule has 2 rings (SSSR count). The van der Waals surface area contributed by atoms with Crippen LogP contribution in [0.3, 0.4) is 0 Å². The van der Waals surface area contributed by atoms with Gasteiger partial charge in [-0.05, 0) is 24.6 Å². The van der Waals surface area contributed by atoms with Gasteiger partial charge in [-0.2, -0.15) is 0 Å². The van der Waals surface area contributed by atoms with Crippen molar-refractivity contribution in [2.75, 3.05) is 25.3 Å². The lowest BCUT2D eigenvalue weighted by molar-refractivity contribution is -0.116. The molecular weight excluding hydrogens is 459 g/mol. The highest BCUT2D eigenvalue weighted by Crippen LogP contribution is 2.13. The summed E-state index contributed by atoms with van der Waals surface area (Å²) >= 11 is 5.95. The fourth-order valence-corrected chi connectivity index (χ4v) is 3.07. The molecular formula is C23H23ClF3N3O3. The first-order valence-corrected chi connectivity index (χ1v) is 10.5. The molecule has 2 amide bonds. The van der Waals surface area contributed by atoms with Crippen molar-refractivity contribution in [1.29, 1.82) is 0 Å². The van der Waals surface area contributed by atoms with E-state index in [-0.39, 0.29) is 36.2 Å². The highest BCUT2D eigenvalue weighted by Gasteiger charge is 2.14. The summed E-state index contributed by atoms with van der Waals surface area (Å²) in [7, 11) is 3.30. The van der Waals surface area contributed by atoms with Gasteiger partial charge in [0.2, 0.25) is 5.91 Å². The minimum absolute atomic E-state index is 0.0131. The average molecular weight is 482 g/mol. The first kappa shape index (κ1) is 26.0. The molecule has 0 bridgehead atoms. The van der Waals surface area contributed by atoms with E-state index in [2.05, 4.69) is 17.2 Å². The van der Waals surface area contributed by atoms with Crippen molar-refractivity contribution < 1.29 is 22.8 Å². The second-order valence-corrected chi connectivity index (χ2v) is 7.72. The van der Waals surface area contributed by atoms with E-state index in [4.69, 9.17) is 11.6 Å². The van der Waals surface area contributed by atoms with Gasteiger partial charge in [0.1, 0.15) is 0 Å². The van der Waals surface area contributed by atoms with Gasteiger partial charge in [0.25, 0.3) is 17.9 Å². The third-order valence-corrected chi connectivity index (χ3v) is 4.88. The zero-order chi connectivity index (χ0) is 24.5. The summed E-state index contributed by atoms with van der Waals surface area (Å²) in [6.07, 6.45) is -1.60. The van der Waals surface area contributed by atoms with Crippen LogP contribution in [0, 0.1) is 23.6 Å². The smallest absolute Gasteiger partial charge is 0.286 e. The number of carbonyl (C=O) groups excluding carboxylic acids is 2. The SMILES string of the molecule is CN(C)C(=O)c1cccc(C#CC(CCl)CCC(=O)Nc2cc(F)c(=O)n(CC(F)F)c2)c1. The number of nitrogens with one attached hydrogen (secondary N) is 1. The van der Waals surface area contributed by atoms with Gasteiger partial charge in [-0.1, -0.05) is 17.9 Å². The van der Waals surface area contributed by atoms with Crippen molar-refractivity contribution in [2.45, 2.75) is 25.8 Å². The standard InChI is InChI=1S/C23H23ClF3N3O3/c1-29(2)22(32)17-5-3-4-15(10-17)6-7-16(12-24)8-9-21(31)28-18-11-19(25)23(33)30(13-18)14-20(26)27/h3-5,10-11,13,16,20H,8-9,12,14H2,1-2H3,(H,28,31). The van der Waals surface area contributed by atoms with Gasteiger partial charge in [-0.15, -0.1) is 11.6 Å². The molecule has 1 aromatic heterocycles. The number of carbonyl (C=O) groups is 2. The van der Waals surface area contributed by atoms with Crippen LogP contribution < -0.4 is 10.9 Å². The van der Waals surface area contributed by atoms with E-state index in [1.807, 2.05) is 0 Å². The van der Waals surface area contributed by atoms with Gasteiger partial charge in [-0.3, -0.25) is 14.4 Å². The molecule has 0 fully saturated rings. The zero-order valence-electron chi connectivity index (χ0n) is 18.1. The van der Waals surface area contributed by atoms with E-state index in [0.29, 0.717) is 15.7 Å². The van der Waals surface area contributed by atoms with Crippen molar-refractivity contribution in [3.63, 3.8) is 0 Å². The maximum Gasteiger partial charge on any atom is 0.286 e. The molecule has 2 aromatic rings. The van der Waals surface area contributed by atoms with E-state index < -0.39 is 30.3 Å². The molecule has 33 heavy (non-hydrogen) atoms. The van der Waals surface area contributed by atoms with Crippen molar-refractivity contribution >= 4 is 29.1 Å². The summed E-state index contributed by atoms with van der Waals surface area (Å²) in [6, 6.07) is 7.60. The molecule has 1 atom stereocenters. The van der Waals surface area contributed by atoms with Crippen molar-refractivity contribution in [2.24, 2.45) is 5.92 Å². The highest BCUT2D eigenvalue weighted by atomic mass is 35.5. The fraction of sp³-hybridized carbons (Fsp3) is 0.348. The summed E-state index contributed by atoms with van der Waals surface area (Å²) in [5, 5.41) is 2.39. The monoisotopic (exact) mass is 481 g/mol. The van der Waals surface area contributed by atoms with Crippen LogP contribution in [0.5, 0.6) is 0 Å². The van der Waals surface area contributed by atoms with E-state index in [1.54, 1.807) is 38.4 Å². The molecule has 0 spiro atoms. The normalized spacial score (nSPS) is 11.5. The Bertz CT molecular complexity index is 1120. The van der Waals surface area contributed by atoms with Crippen LogP contribution in [-0.2, 0) is 11.3 Å². The van der Waals surface area contributed by atoms with E-state index in [0.717, 1.165) is 12.3 Å². The van der Waals surface area contributed by atoms with Crippen LogP contribution in [-0.4, -0.2) is 47.7 Å². The summed E-state index contributed by atoms with van der Waals surface area (Å²) in [4.78, 5) is 37.3. The number of pyridine rings is 1. The number of nitrogens with zero attached hydrogens (tertiary/aromatic N) is 2. The van der Waals surface area contributed by atoms with Crippen LogP contribution in [0.4, 0.5) is 18.9 Å². The molecule has 0 saturated heterocycles. The Labute approximate surface area is 194 Å². The second-order valence-electron chi connectivity index (χ2n) is 7.41. The molecule has 1 aromatic carbocycles. The number of alkyl halides is 3. The lowest BCUT2D eigenvalue weighted by atomic mass is 10.0. The minimum Gasteiger partial charge on any atom is -0.345 e. The number of anilines is 1. The molecule has 0 aliphatic rings. The number of halogens is 4. The maximum atomic E-state index is 13.7. The van der Waals surface area contributed by atoms with Gasteiger partial charge in [0.05, 0.1) is 12.2 Å². The fourth-order valence-electron chi connectivity index (χ4n) is 2.84. The summed E-state index contributed by atoms with van der Waals surface area (Å²) < 4.78 is 39.3. The predicted octanol–water partition coefficient (Wildman–Crippen LogP) is 3.58. The summed E-state index contributed by atoms with van der Waals surface area (Å²) in [5.74, 6) is 3.84. The Hall–Kier alpha value is -3.25. The topological polar surface area (TPSA) is 71.4 Å². The molecule has 0 aliphatic carbocycles. The molecule has 1 heterocycles. The van der Waals surface area contributed by atoms with Crippen molar-refractivity contribution in [1.82, 2.24) is 9.47 Å². The molecule has 1 unspecified atom stereocenters. The van der Waals surface area contributed by atoms with Crippen LogP contribution >= 0.6 is 11.6 Å². The van der Waals surface area contributed by atoms with Gasteiger partial charge in [0, 0.05) is 55.7 Å². The number of rotatable bonds is 8. The average Bonchev–Trinajstić information content (AvgIpc) is 2.76. The van der Waals surface area contributed by atoms with Crippen LogP contribution in [0.1, 0.15) is 28.8 Å².